The van der Waals surface area contributed by atoms with Crippen LogP contribution in [0.2, 0.25) is 0 Å². The zero-order valence-electron chi connectivity index (χ0n) is 11.3. The van der Waals surface area contributed by atoms with E-state index in [0.717, 1.165) is 12.8 Å². The average molecular weight is 229 g/mol. The summed E-state index contributed by atoms with van der Waals surface area (Å²) in [4.78, 5) is 0. The zero-order chi connectivity index (χ0) is 12.4. The van der Waals surface area contributed by atoms with Crippen molar-refractivity contribution in [3.05, 3.63) is 0 Å². The van der Waals surface area contributed by atoms with Gasteiger partial charge in [0.2, 0.25) is 0 Å². The van der Waals surface area contributed by atoms with Gasteiger partial charge in [-0.25, -0.2) is 0 Å². The van der Waals surface area contributed by atoms with Gasteiger partial charge < -0.3 is 15.2 Å². The highest BCUT2D eigenvalue weighted by Gasteiger charge is 2.36. The number of rotatable bonds is 3. The van der Waals surface area contributed by atoms with Crippen molar-refractivity contribution in [3.8, 4) is 0 Å². The van der Waals surface area contributed by atoms with Crippen molar-refractivity contribution in [2.45, 2.75) is 64.7 Å². The molecule has 1 heterocycles. The summed E-state index contributed by atoms with van der Waals surface area (Å²) in [7, 11) is 0. The van der Waals surface area contributed by atoms with Crippen LogP contribution in [0.25, 0.3) is 0 Å². The second-order valence-corrected chi connectivity index (χ2v) is 6.44. The first kappa shape index (κ1) is 13.9. The Morgan fingerprint density at radius 1 is 1.44 bits per heavy atom. The summed E-state index contributed by atoms with van der Waals surface area (Å²) in [6, 6.07) is 0. The maximum Gasteiger partial charge on any atom is 0.0818 e. The predicted molar refractivity (Wildman–Crippen MR) is 66.5 cm³/mol. The van der Waals surface area contributed by atoms with Crippen LogP contribution in [-0.4, -0.2) is 35.5 Å². The number of β-amino-alcohol motifs (C(OH)–C–C–N with tert-alkyl or cyclic N) is 1. The van der Waals surface area contributed by atoms with Gasteiger partial charge in [0.15, 0.2) is 0 Å². The lowest BCUT2D eigenvalue weighted by molar-refractivity contribution is -0.116. The van der Waals surface area contributed by atoms with E-state index in [4.69, 9.17) is 4.74 Å². The SMILES string of the molecule is CC(C)C1CC(O)(CNC(C)(C)C)CCO1. The Hall–Kier alpha value is -0.120. The molecule has 2 unspecified atom stereocenters. The minimum atomic E-state index is -0.597. The van der Waals surface area contributed by atoms with Crippen LogP contribution in [0.4, 0.5) is 0 Å². The Labute approximate surface area is 99.6 Å². The van der Waals surface area contributed by atoms with Crippen LogP contribution in [0.5, 0.6) is 0 Å². The molecule has 1 fully saturated rings. The lowest BCUT2D eigenvalue weighted by atomic mass is 9.85. The van der Waals surface area contributed by atoms with Crippen LogP contribution in [-0.2, 0) is 4.74 Å². The third-order valence-corrected chi connectivity index (χ3v) is 3.17. The van der Waals surface area contributed by atoms with Crippen LogP contribution < -0.4 is 5.32 Å². The number of ether oxygens (including phenoxy) is 1. The summed E-state index contributed by atoms with van der Waals surface area (Å²) in [5.41, 5.74) is -0.540. The molecule has 1 rings (SSSR count). The van der Waals surface area contributed by atoms with Gasteiger partial charge in [0.1, 0.15) is 0 Å². The van der Waals surface area contributed by atoms with Crippen molar-refractivity contribution in [1.82, 2.24) is 5.32 Å². The van der Waals surface area contributed by atoms with E-state index in [1.807, 2.05) is 0 Å². The predicted octanol–water partition coefficient (Wildman–Crippen LogP) is 1.94. The van der Waals surface area contributed by atoms with Crippen LogP contribution in [0.3, 0.4) is 0 Å². The molecule has 0 aliphatic carbocycles. The van der Waals surface area contributed by atoms with Crippen LogP contribution in [0, 0.1) is 5.92 Å². The molecule has 1 saturated heterocycles. The molecule has 0 amide bonds. The quantitative estimate of drug-likeness (QED) is 0.777. The fourth-order valence-corrected chi connectivity index (χ4v) is 1.95. The van der Waals surface area contributed by atoms with Gasteiger partial charge in [-0.05, 0) is 26.7 Å². The molecule has 0 saturated carbocycles. The third-order valence-electron chi connectivity index (χ3n) is 3.17. The first-order valence-electron chi connectivity index (χ1n) is 6.31. The molecule has 0 aromatic heterocycles. The van der Waals surface area contributed by atoms with Gasteiger partial charge in [-0.2, -0.15) is 0 Å². The molecule has 0 radical (unpaired) electrons. The molecule has 2 N–H and O–H groups in total. The number of aliphatic hydroxyl groups is 1. The van der Waals surface area contributed by atoms with Crippen molar-refractivity contribution in [2.75, 3.05) is 13.2 Å². The van der Waals surface area contributed by atoms with E-state index in [1.54, 1.807) is 0 Å². The minimum Gasteiger partial charge on any atom is -0.388 e. The van der Waals surface area contributed by atoms with E-state index in [0.29, 0.717) is 19.1 Å². The number of hydrogen-bond donors (Lipinski definition) is 2. The molecule has 96 valence electrons. The third kappa shape index (κ3) is 4.40. The van der Waals surface area contributed by atoms with Gasteiger partial charge >= 0.3 is 0 Å². The molecule has 0 spiro atoms. The summed E-state index contributed by atoms with van der Waals surface area (Å²) in [6.07, 6.45) is 1.67. The van der Waals surface area contributed by atoms with Crippen molar-refractivity contribution >= 4 is 0 Å². The van der Waals surface area contributed by atoms with Gasteiger partial charge in [-0.3, -0.25) is 0 Å². The smallest absolute Gasteiger partial charge is 0.0818 e. The molecular formula is C13H27NO2. The van der Waals surface area contributed by atoms with Crippen LogP contribution in [0.1, 0.15) is 47.5 Å². The molecule has 16 heavy (non-hydrogen) atoms. The summed E-state index contributed by atoms with van der Waals surface area (Å²) < 4.78 is 5.68. The number of nitrogens with one attached hydrogen (secondary N) is 1. The second-order valence-electron chi connectivity index (χ2n) is 6.44. The molecule has 2 atom stereocenters. The topological polar surface area (TPSA) is 41.5 Å². The normalized spacial score (nSPS) is 32.1. The molecule has 3 heteroatoms. The van der Waals surface area contributed by atoms with E-state index in [2.05, 4.69) is 39.9 Å². The molecule has 1 aliphatic heterocycles. The lowest BCUT2D eigenvalue weighted by Gasteiger charge is -2.40. The first-order valence-corrected chi connectivity index (χ1v) is 6.31. The van der Waals surface area contributed by atoms with Crippen molar-refractivity contribution in [3.63, 3.8) is 0 Å². The van der Waals surface area contributed by atoms with Crippen LogP contribution in [0.15, 0.2) is 0 Å². The Morgan fingerprint density at radius 3 is 2.56 bits per heavy atom. The average Bonchev–Trinajstić information content (AvgIpc) is 2.14. The fraction of sp³-hybridized carbons (Fsp3) is 1.00. The van der Waals surface area contributed by atoms with Gasteiger partial charge in [-0.1, -0.05) is 13.8 Å². The maximum atomic E-state index is 10.5. The molecule has 0 aromatic carbocycles. The van der Waals surface area contributed by atoms with E-state index in [1.165, 1.54) is 0 Å². The highest BCUT2D eigenvalue weighted by Crippen LogP contribution is 2.28. The zero-order valence-corrected chi connectivity index (χ0v) is 11.3. The Balaban J connectivity index is 2.49. The summed E-state index contributed by atoms with van der Waals surface area (Å²) >= 11 is 0. The molecule has 0 bridgehead atoms. The van der Waals surface area contributed by atoms with E-state index < -0.39 is 5.60 Å². The summed E-state index contributed by atoms with van der Waals surface area (Å²) in [6.45, 7) is 12.0. The Morgan fingerprint density at radius 2 is 2.06 bits per heavy atom. The van der Waals surface area contributed by atoms with Gasteiger partial charge in [0.05, 0.1) is 11.7 Å². The molecule has 1 aliphatic rings. The van der Waals surface area contributed by atoms with Gasteiger partial charge in [-0.15, -0.1) is 0 Å². The van der Waals surface area contributed by atoms with Crippen molar-refractivity contribution < 1.29 is 9.84 Å². The molecule has 0 aromatic rings. The number of hydrogen-bond acceptors (Lipinski definition) is 3. The largest absolute Gasteiger partial charge is 0.388 e. The Bertz CT molecular complexity index is 222. The monoisotopic (exact) mass is 229 g/mol. The maximum absolute atomic E-state index is 10.5. The van der Waals surface area contributed by atoms with E-state index in [-0.39, 0.29) is 11.6 Å². The Kier molecular flexibility index (Phi) is 4.38. The van der Waals surface area contributed by atoms with Crippen molar-refractivity contribution in [1.29, 1.82) is 0 Å². The van der Waals surface area contributed by atoms with E-state index >= 15 is 0 Å². The minimum absolute atomic E-state index is 0.0569. The molecular weight excluding hydrogens is 202 g/mol. The van der Waals surface area contributed by atoms with Crippen LogP contribution >= 0.6 is 0 Å². The highest BCUT2D eigenvalue weighted by molar-refractivity contribution is 4.90. The van der Waals surface area contributed by atoms with Gasteiger partial charge in [0.25, 0.3) is 0 Å². The van der Waals surface area contributed by atoms with Crippen molar-refractivity contribution in [2.24, 2.45) is 5.92 Å². The fourth-order valence-electron chi connectivity index (χ4n) is 1.95. The molecule has 3 nitrogen and oxygen atoms in total. The second kappa shape index (κ2) is 5.03. The van der Waals surface area contributed by atoms with E-state index in [9.17, 15) is 5.11 Å². The summed E-state index contributed by atoms with van der Waals surface area (Å²) in [5, 5.41) is 13.9. The van der Waals surface area contributed by atoms with Gasteiger partial charge in [0, 0.05) is 31.5 Å². The highest BCUT2D eigenvalue weighted by atomic mass is 16.5. The standard InChI is InChI=1S/C13H27NO2/c1-10(2)11-8-13(15,6-7-16-11)9-14-12(3,4)5/h10-11,14-15H,6-9H2,1-5H3. The lowest BCUT2D eigenvalue weighted by Crippen LogP contribution is -2.52. The summed E-state index contributed by atoms with van der Waals surface area (Å²) in [5.74, 6) is 0.474. The first-order chi connectivity index (χ1) is 7.22.